The first-order valence-corrected chi connectivity index (χ1v) is 5.64. The van der Waals surface area contributed by atoms with Crippen molar-refractivity contribution >= 4 is 11.8 Å². The molecule has 0 aromatic heterocycles. The van der Waals surface area contributed by atoms with Crippen LogP contribution in [0.2, 0.25) is 0 Å². The van der Waals surface area contributed by atoms with Crippen molar-refractivity contribution in [2.45, 2.75) is 51.0 Å². The molecule has 0 aromatic rings. The summed E-state index contributed by atoms with van der Waals surface area (Å²) in [7, 11) is 0. The van der Waals surface area contributed by atoms with Crippen molar-refractivity contribution in [3.05, 3.63) is 0 Å². The number of rotatable bonds is 3. The monoisotopic (exact) mass is 187 g/mol. The third-order valence-electron chi connectivity index (χ3n) is 3.38. The molecule has 2 aliphatic carbocycles. The SMILES string of the molecule is ClNC1CCCC[C@H]1CC1CC1. The smallest absolute Gasteiger partial charge is 0.0249 e. The van der Waals surface area contributed by atoms with Crippen molar-refractivity contribution < 1.29 is 0 Å². The third kappa shape index (κ3) is 2.14. The molecule has 0 heterocycles. The first-order chi connectivity index (χ1) is 5.90. The molecule has 2 atom stereocenters. The van der Waals surface area contributed by atoms with E-state index >= 15 is 0 Å². The van der Waals surface area contributed by atoms with E-state index in [9.17, 15) is 0 Å². The van der Waals surface area contributed by atoms with Crippen LogP contribution in [0.3, 0.4) is 0 Å². The van der Waals surface area contributed by atoms with Gasteiger partial charge in [-0.15, -0.1) is 0 Å². The average Bonchev–Trinajstić information content (AvgIpc) is 2.89. The van der Waals surface area contributed by atoms with Gasteiger partial charge in [-0.25, -0.2) is 4.84 Å². The van der Waals surface area contributed by atoms with Crippen molar-refractivity contribution in [3.8, 4) is 0 Å². The second-order valence-corrected chi connectivity index (χ2v) is 4.66. The first-order valence-electron chi connectivity index (χ1n) is 5.26. The lowest BCUT2D eigenvalue weighted by Crippen LogP contribution is -2.33. The summed E-state index contributed by atoms with van der Waals surface area (Å²) < 4.78 is 0. The van der Waals surface area contributed by atoms with Crippen LogP contribution in [0.5, 0.6) is 0 Å². The van der Waals surface area contributed by atoms with E-state index in [1.807, 2.05) is 0 Å². The lowest BCUT2D eigenvalue weighted by Gasteiger charge is -2.30. The Morgan fingerprint density at radius 1 is 1.08 bits per heavy atom. The Hall–Kier alpha value is 0.250. The van der Waals surface area contributed by atoms with E-state index < -0.39 is 0 Å². The van der Waals surface area contributed by atoms with Crippen LogP contribution in [0.1, 0.15) is 44.9 Å². The average molecular weight is 188 g/mol. The Morgan fingerprint density at radius 3 is 2.50 bits per heavy atom. The molecule has 2 rings (SSSR count). The van der Waals surface area contributed by atoms with Crippen LogP contribution in [0.25, 0.3) is 0 Å². The van der Waals surface area contributed by atoms with E-state index in [0.717, 1.165) is 11.8 Å². The van der Waals surface area contributed by atoms with Crippen LogP contribution >= 0.6 is 11.8 Å². The van der Waals surface area contributed by atoms with Gasteiger partial charge in [-0.2, -0.15) is 0 Å². The fraction of sp³-hybridized carbons (Fsp3) is 1.00. The maximum absolute atomic E-state index is 5.73. The summed E-state index contributed by atoms with van der Waals surface area (Å²) in [5.74, 6) is 1.93. The summed E-state index contributed by atoms with van der Waals surface area (Å²) in [6.07, 6.45) is 9.88. The van der Waals surface area contributed by atoms with E-state index in [1.54, 1.807) is 0 Å². The quantitative estimate of drug-likeness (QED) is 0.670. The zero-order chi connectivity index (χ0) is 8.39. The van der Waals surface area contributed by atoms with Crippen LogP contribution in [-0.2, 0) is 0 Å². The fourth-order valence-electron chi connectivity index (χ4n) is 2.42. The summed E-state index contributed by atoms with van der Waals surface area (Å²) in [5.41, 5.74) is 0. The lowest BCUT2D eigenvalue weighted by atomic mass is 9.82. The highest BCUT2D eigenvalue weighted by atomic mass is 35.5. The molecule has 2 saturated carbocycles. The molecule has 70 valence electrons. The van der Waals surface area contributed by atoms with Gasteiger partial charge >= 0.3 is 0 Å². The first kappa shape index (κ1) is 8.83. The highest BCUT2D eigenvalue weighted by Gasteiger charge is 2.31. The van der Waals surface area contributed by atoms with Gasteiger partial charge in [-0.05, 0) is 42.9 Å². The summed E-state index contributed by atoms with van der Waals surface area (Å²) >= 11 is 5.73. The summed E-state index contributed by atoms with van der Waals surface area (Å²) in [6.45, 7) is 0. The van der Waals surface area contributed by atoms with E-state index in [0.29, 0.717) is 6.04 Å². The summed E-state index contributed by atoms with van der Waals surface area (Å²) in [6, 6.07) is 0.612. The van der Waals surface area contributed by atoms with E-state index in [-0.39, 0.29) is 0 Å². The zero-order valence-electron chi connectivity index (χ0n) is 7.56. The molecule has 1 N–H and O–H groups in total. The summed E-state index contributed by atoms with van der Waals surface area (Å²) in [4.78, 5) is 2.96. The second kappa shape index (κ2) is 3.97. The minimum absolute atomic E-state index is 0.612. The van der Waals surface area contributed by atoms with Crippen molar-refractivity contribution in [1.29, 1.82) is 0 Å². The largest absolute Gasteiger partial charge is 0.230 e. The van der Waals surface area contributed by atoms with Crippen LogP contribution in [0.4, 0.5) is 0 Å². The molecule has 1 unspecified atom stereocenters. The molecule has 12 heavy (non-hydrogen) atoms. The van der Waals surface area contributed by atoms with Crippen LogP contribution in [0.15, 0.2) is 0 Å². The van der Waals surface area contributed by atoms with Crippen molar-refractivity contribution in [2.75, 3.05) is 0 Å². The molecule has 0 aromatic carbocycles. The normalized spacial score (nSPS) is 36.8. The minimum atomic E-state index is 0.612. The molecule has 2 heteroatoms. The van der Waals surface area contributed by atoms with Gasteiger partial charge in [0.25, 0.3) is 0 Å². The minimum Gasteiger partial charge on any atom is -0.230 e. The van der Waals surface area contributed by atoms with Gasteiger partial charge in [0.15, 0.2) is 0 Å². The Morgan fingerprint density at radius 2 is 1.83 bits per heavy atom. The molecule has 0 amide bonds. The van der Waals surface area contributed by atoms with Crippen molar-refractivity contribution in [3.63, 3.8) is 0 Å². The van der Waals surface area contributed by atoms with Crippen LogP contribution in [0, 0.1) is 11.8 Å². The number of hydrogen-bond donors (Lipinski definition) is 1. The second-order valence-electron chi connectivity index (χ2n) is 4.44. The molecule has 0 aliphatic heterocycles. The molecule has 0 bridgehead atoms. The number of halogens is 1. The Balaban J connectivity index is 1.81. The molecule has 0 spiro atoms. The Labute approximate surface area is 80.0 Å². The van der Waals surface area contributed by atoms with Gasteiger partial charge in [0.05, 0.1) is 0 Å². The third-order valence-corrected chi connectivity index (χ3v) is 3.66. The molecular formula is C10H18ClN. The fourth-order valence-corrected chi connectivity index (χ4v) is 2.70. The number of hydrogen-bond acceptors (Lipinski definition) is 1. The van der Waals surface area contributed by atoms with Gasteiger partial charge in [0.2, 0.25) is 0 Å². The van der Waals surface area contributed by atoms with Gasteiger partial charge in [-0.3, -0.25) is 0 Å². The maximum Gasteiger partial charge on any atom is 0.0249 e. The molecular weight excluding hydrogens is 170 g/mol. The topological polar surface area (TPSA) is 12.0 Å². The van der Waals surface area contributed by atoms with E-state index in [4.69, 9.17) is 11.8 Å². The lowest BCUT2D eigenvalue weighted by molar-refractivity contribution is 0.267. The predicted octanol–water partition coefficient (Wildman–Crippen LogP) is 3.09. The van der Waals surface area contributed by atoms with Crippen LogP contribution in [-0.4, -0.2) is 6.04 Å². The molecule has 1 nitrogen and oxygen atoms in total. The molecule has 0 saturated heterocycles. The summed E-state index contributed by atoms with van der Waals surface area (Å²) in [5, 5.41) is 0. The predicted molar refractivity (Wildman–Crippen MR) is 52.1 cm³/mol. The highest BCUT2D eigenvalue weighted by Crippen LogP contribution is 2.39. The number of nitrogens with one attached hydrogen (secondary N) is 1. The highest BCUT2D eigenvalue weighted by molar-refractivity contribution is 6.13. The molecule has 0 radical (unpaired) electrons. The molecule has 2 fully saturated rings. The van der Waals surface area contributed by atoms with Gasteiger partial charge in [0, 0.05) is 6.04 Å². The van der Waals surface area contributed by atoms with Gasteiger partial charge in [0.1, 0.15) is 0 Å². The van der Waals surface area contributed by atoms with Gasteiger partial charge in [-0.1, -0.05) is 25.7 Å². The van der Waals surface area contributed by atoms with E-state index in [1.165, 1.54) is 44.9 Å². The zero-order valence-corrected chi connectivity index (χ0v) is 8.32. The van der Waals surface area contributed by atoms with E-state index in [2.05, 4.69) is 4.84 Å². The Bertz CT molecular complexity index is 145. The van der Waals surface area contributed by atoms with Crippen molar-refractivity contribution in [2.24, 2.45) is 11.8 Å². The van der Waals surface area contributed by atoms with Crippen molar-refractivity contribution in [1.82, 2.24) is 4.84 Å². The Kier molecular flexibility index (Phi) is 2.92. The standard InChI is InChI=1S/C10H18ClN/c11-12-10-4-2-1-3-9(10)7-8-5-6-8/h8-10,12H,1-7H2/t9-,10?/m0/s1. The van der Waals surface area contributed by atoms with Crippen LogP contribution < -0.4 is 4.84 Å². The maximum atomic E-state index is 5.73. The molecule has 2 aliphatic rings. The van der Waals surface area contributed by atoms with Gasteiger partial charge < -0.3 is 0 Å².